The molecule has 0 aliphatic heterocycles. The molecule has 0 amide bonds. The van der Waals surface area contributed by atoms with Crippen LogP contribution in [-0.4, -0.2) is 24.6 Å². The van der Waals surface area contributed by atoms with Crippen LogP contribution >= 0.6 is 0 Å². The van der Waals surface area contributed by atoms with Crippen molar-refractivity contribution >= 4 is 11.6 Å². The molecule has 1 N–H and O–H groups in total. The molecule has 3 aromatic heterocycles. The topological polar surface area (TPSA) is 68.0 Å². The molecule has 148 valence electrons. The van der Waals surface area contributed by atoms with Crippen molar-refractivity contribution in [2.24, 2.45) is 0 Å². The molecule has 0 bridgehead atoms. The van der Waals surface area contributed by atoms with Gasteiger partial charge in [-0.3, -0.25) is 4.98 Å². The molecular weight excluding hydrogens is 381 g/mol. The summed E-state index contributed by atoms with van der Waals surface area (Å²) < 4.78 is 40.4. The molecule has 0 radical (unpaired) electrons. The van der Waals surface area contributed by atoms with Crippen molar-refractivity contribution in [2.75, 3.05) is 5.32 Å². The summed E-state index contributed by atoms with van der Waals surface area (Å²) in [5.41, 5.74) is 3.21. The summed E-state index contributed by atoms with van der Waals surface area (Å²) in [6.07, 6.45) is -2.99. The first kappa shape index (κ1) is 18.9. The minimum atomic E-state index is -4.66. The summed E-state index contributed by atoms with van der Waals surface area (Å²) in [4.78, 5) is 12.0. The van der Waals surface area contributed by atoms with Gasteiger partial charge in [-0.2, -0.15) is 22.7 Å². The number of alkyl halides is 3. The third kappa shape index (κ3) is 3.89. The minimum absolute atomic E-state index is 0.121. The minimum Gasteiger partial charge on any atom is -0.357 e. The smallest absolute Gasteiger partial charge is 0.357 e. The second kappa shape index (κ2) is 7.16. The molecule has 0 aliphatic rings. The molecule has 0 spiro atoms. The molecule has 1 atom stereocenters. The Morgan fingerprint density at radius 1 is 1.00 bits per heavy atom. The molecule has 0 saturated carbocycles. The van der Waals surface area contributed by atoms with Crippen molar-refractivity contribution in [3.05, 3.63) is 83.1 Å². The Balaban J connectivity index is 1.84. The lowest BCUT2D eigenvalue weighted by molar-refractivity contribution is -0.144. The van der Waals surface area contributed by atoms with Gasteiger partial charge in [-0.05, 0) is 31.5 Å². The van der Waals surface area contributed by atoms with E-state index in [9.17, 15) is 13.2 Å². The van der Waals surface area contributed by atoms with Crippen LogP contribution in [0.15, 0.2) is 54.7 Å². The van der Waals surface area contributed by atoms with Crippen LogP contribution in [0.5, 0.6) is 0 Å². The van der Waals surface area contributed by atoms with Crippen LogP contribution in [0.2, 0.25) is 0 Å². The van der Waals surface area contributed by atoms with Gasteiger partial charge in [0, 0.05) is 18.0 Å². The van der Waals surface area contributed by atoms with Gasteiger partial charge in [0.05, 0.1) is 11.7 Å². The van der Waals surface area contributed by atoms with E-state index in [1.165, 1.54) is 0 Å². The number of nitrogens with zero attached hydrogens (tertiary/aromatic N) is 5. The van der Waals surface area contributed by atoms with E-state index < -0.39 is 18.0 Å². The summed E-state index contributed by atoms with van der Waals surface area (Å²) >= 11 is 0. The van der Waals surface area contributed by atoms with Crippen molar-refractivity contribution in [1.29, 1.82) is 0 Å². The fourth-order valence-corrected chi connectivity index (χ4v) is 3.08. The highest BCUT2D eigenvalue weighted by molar-refractivity contribution is 5.49. The van der Waals surface area contributed by atoms with Crippen LogP contribution in [0.25, 0.3) is 5.78 Å². The molecule has 4 rings (SSSR count). The fourth-order valence-electron chi connectivity index (χ4n) is 3.08. The first-order chi connectivity index (χ1) is 13.8. The lowest BCUT2D eigenvalue weighted by atomic mass is 10.0. The van der Waals surface area contributed by atoms with Crippen LogP contribution in [-0.2, 0) is 6.18 Å². The number of hydrogen-bond acceptors (Lipinski definition) is 5. The lowest BCUT2D eigenvalue weighted by Gasteiger charge is -2.21. The van der Waals surface area contributed by atoms with Gasteiger partial charge >= 0.3 is 6.18 Å². The van der Waals surface area contributed by atoms with Crippen LogP contribution in [0, 0.1) is 13.8 Å². The van der Waals surface area contributed by atoms with Crippen LogP contribution in [0.4, 0.5) is 19.0 Å². The second-order valence-electron chi connectivity index (χ2n) is 6.67. The van der Waals surface area contributed by atoms with E-state index in [0.29, 0.717) is 11.5 Å². The number of benzene rings is 1. The summed E-state index contributed by atoms with van der Waals surface area (Å²) in [5.74, 6) is -1.01. The van der Waals surface area contributed by atoms with E-state index in [1.54, 1.807) is 25.3 Å². The normalized spacial score (nSPS) is 12.9. The summed E-state index contributed by atoms with van der Waals surface area (Å²) in [6.45, 7) is 3.66. The largest absolute Gasteiger partial charge is 0.453 e. The molecule has 4 aromatic rings. The number of pyridine rings is 1. The van der Waals surface area contributed by atoms with Crippen molar-refractivity contribution in [2.45, 2.75) is 26.1 Å². The Bertz CT molecular complexity index is 1150. The van der Waals surface area contributed by atoms with Crippen LogP contribution < -0.4 is 5.32 Å². The Morgan fingerprint density at radius 3 is 2.52 bits per heavy atom. The van der Waals surface area contributed by atoms with Crippen molar-refractivity contribution in [3.8, 4) is 0 Å². The number of halogens is 3. The van der Waals surface area contributed by atoms with E-state index in [1.807, 2.05) is 43.3 Å². The summed E-state index contributed by atoms with van der Waals surface area (Å²) in [6, 6.07) is 14.6. The zero-order valence-corrected chi connectivity index (χ0v) is 15.6. The number of nitrogens with one attached hydrogen (secondary N) is 1. The molecule has 0 fully saturated rings. The van der Waals surface area contributed by atoms with E-state index >= 15 is 0 Å². The standard InChI is InChI=1S/C20H17F3N6/c1-12-6-5-7-14(10-12)17(15-8-3-4-9-24-15)26-16-11-13(2)25-19-27-18(20(21,22)23)28-29(16)19/h3-11,17,26H,1-2H3. The fraction of sp³-hybridized carbons (Fsp3) is 0.200. The van der Waals surface area contributed by atoms with Gasteiger partial charge < -0.3 is 5.32 Å². The third-order valence-corrected chi connectivity index (χ3v) is 4.34. The van der Waals surface area contributed by atoms with Crippen molar-refractivity contribution in [1.82, 2.24) is 24.6 Å². The Hall–Kier alpha value is -3.49. The Morgan fingerprint density at radius 2 is 1.83 bits per heavy atom. The molecule has 0 aliphatic carbocycles. The zero-order chi connectivity index (χ0) is 20.6. The average molecular weight is 398 g/mol. The monoisotopic (exact) mass is 398 g/mol. The van der Waals surface area contributed by atoms with Crippen LogP contribution in [0.1, 0.15) is 34.4 Å². The van der Waals surface area contributed by atoms with Crippen molar-refractivity contribution in [3.63, 3.8) is 0 Å². The maximum atomic E-state index is 13.1. The van der Waals surface area contributed by atoms with Gasteiger partial charge in [-0.25, -0.2) is 4.98 Å². The highest BCUT2D eigenvalue weighted by Gasteiger charge is 2.37. The summed E-state index contributed by atoms with van der Waals surface area (Å²) in [5, 5.41) is 6.90. The van der Waals surface area contributed by atoms with Gasteiger partial charge in [0.1, 0.15) is 5.82 Å². The Labute approximate surface area is 164 Å². The number of anilines is 1. The third-order valence-electron chi connectivity index (χ3n) is 4.34. The van der Waals surface area contributed by atoms with Crippen LogP contribution in [0.3, 0.4) is 0 Å². The molecule has 6 nitrogen and oxygen atoms in total. The van der Waals surface area contributed by atoms with E-state index in [4.69, 9.17) is 0 Å². The molecule has 9 heteroatoms. The number of aromatic nitrogens is 5. The molecule has 1 aromatic carbocycles. The average Bonchev–Trinajstić information content (AvgIpc) is 3.11. The maximum absolute atomic E-state index is 13.1. The molecular formula is C20H17F3N6. The highest BCUT2D eigenvalue weighted by atomic mass is 19.4. The van der Waals surface area contributed by atoms with E-state index in [0.717, 1.165) is 21.3 Å². The predicted molar refractivity (Wildman–Crippen MR) is 101 cm³/mol. The maximum Gasteiger partial charge on any atom is 0.453 e. The lowest BCUT2D eigenvalue weighted by Crippen LogP contribution is -2.17. The van der Waals surface area contributed by atoms with Gasteiger partial charge in [-0.15, -0.1) is 5.10 Å². The zero-order valence-electron chi connectivity index (χ0n) is 15.6. The highest BCUT2D eigenvalue weighted by Crippen LogP contribution is 2.29. The summed E-state index contributed by atoms with van der Waals surface area (Å²) in [7, 11) is 0. The number of aryl methyl sites for hydroxylation is 2. The number of rotatable bonds is 4. The first-order valence-electron chi connectivity index (χ1n) is 8.87. The van der Waals surface area contributed by atoms with Crippen molar-refractivity contribution < 1.29 is 13.2 Å². The molecule has 0 saturated heterocycles. The first-order valence-corrected chi connectivity index (χ1v) is 8.87. The quantitative estimate of drug-likeness (QED) is 0.553. The van der Waals surface area contributed by atoms with Gasteiger partial charge in [0.25, 0.3) is 11.6 Å². The molecule has 29 heavy (non-hydrogen) atoms. The van der Waals surface area contributed by atoms with Gasteiger partial charge in [0.15, 0.2) is 0 Å². The molecule has 1 unspecified atom stereocenters. The molecule has 3 heterocycles. The number of fused-ring (bicyclic) bond motifs is 1. The number of hydrogen-bond donors (Lipinski definition) is 1. The Kier molecular flexibility index (Phi) is 4.65. The van der Waals surface area contributed by atoms with E-state index in [-0.39, 0.29) is 5.78 Å². The van der Waals surface area contributed by atoms with E-state index in [2.05, 4.69) is 25.4 Å². The SMILES string of the molecule is Cc1cccc(C(Nc2cc(C)nc3nc(C(F)(F)F)nn23)c2ccccn2)c1. The predicted octanol–water partition coefficient (Wildman–Crippen LogP) is 4.36. The second-order valence-corrected chi connectivity index (χ2v) is 6.67. The van der Waals surface area contributed by atoms with Gasteiger partial charge in [-0.1, -0.05) is 35.9 Å². The van der Waals surface area contributed by atoms with Gasteiger partial charge in [0.2, 0.25) is 0 Å².